The molecule has 0 aliphatic carbocycles. The molecule has 0 bridgehead atoms. The predicted molar refractivity (Wildman–Crippen MR) is 106 cm³/mol. The fraction of sp³-hybridized carbons (Fsp3) is 0.364. The maximum absolute atomic E-state index is 12.3. The van der Waals surface area contributed by atoms with E-state index in [2.05, 4.69) is 71.2 Å². The molecule has 1 aromatic heterocycles. The summed E-state index contributed by atoms with van der Waals surface area (Å²) in [6, 6.07) is 14.8. The summed E-state index contributed by atoms with van der Waals surface area (Å²) in [5, 5.41) is 5.53. The number of carbonyl (C=O) groups excluding carboxylic acids is 1. The second-order valence-electron chi connectivity index (χ2n) is 6.86. The van der Waals surface area contributed by atoms with Crippen molar-refractivity contribution in [1.82, 2.24) is 14.9 Å². The second kappa shape index (κ2) is 8.65. The first kappa shape index (κ1) is 18.2. The zero-order valence-electron chi connectivity index (χ0n) is 15.6. The van der Waals surface area contributed by atoms with Crippen LogP contribution in [-0.4, -0.2) is 22.0 Å². The fourth-order valence-electron chi connectivity index (χ4n) is 3.23. The van der Waals surface area contributed by atoms with Crippen molar-refractivity contribution in [3.8, 4) is 0 Å². The largest absolute Gasteiger partial charge is 0.355 e. The Morgan fingerprint density at radius 1 is 1.12 bits per heavy atom. The van der Waals surface area contributed by atoms with Gasteiger partial charge in [0.25, 0.3) is 0 Å². The molecule has 0 spiro atoms. The molecule has 1 heterocycles. The first-order valence-electron chi connectivity index (χ1n) is 9.43. The number of nitrogens with one attached hydrogen (secondary N) is 1. The zero-order valence-corrected chi connectivity index (χ0v) is 15.6. The molecule has 0 aliphatic rings. The molecule has 3 aromatic rings. The molecule has 0 aliphatic heterocycles. The highest BCUT2D eigenvalue weighted by Crippen LogP contribution is 2.17. The van der Waals surface area contributed by atoms with Crippen molar-refractivity contribution in [3.63, 3.8) is 0 Å². The number of hydrogen-bond acceptors (Lipinski definition) is 2. The van der Waals surface area contributed by atoms with Gasteiger partial charge in [0, 0.05) is 25.0 Å². The molecule has 0 radical (unpaired) electrons. The summed E-state index contributed by atoms with van der Waals surface area (Å²) in [5.41, 5.74) is 2.15. The van der Waals surface area contributed by atoms with Crippen LogP contribution in [0.15, 0.2) is 55.0 Å². The molecule has 0 atom stereocenters. The van der Waals surface area contributed by atoms with Crippen molar-refractivity contribution in [2.75, 3.05) is 6.54 Å². The number of carbonyl (C=O) groups is 1. The van der Waals surface area contributed by atoms with Gasteiger partial charge in [-0.2, -0.15) is 0 Å². The molecule has 136 valence electrons. The minimum absolute atomic E-state index is 0.0668. The van der Waals surface area contributed by atoms with Crippen LogP contribution in [0.2, 0.25) is 0 Å². The van der Waals surface area contributed by atoms with Gasteiger partial charge in [0.15, 0.2) is 0 Å². The van der Waals surface area contributed by atoms with Crippen molar-refractivity contribution in [3.05, 3.63) is 66.2 Å². The van der Waals surface area contributed by atoms with Crippen molar-refractivity contribution >= 4 is 16.7 Å². The third kappa shape index (κ3) is 4.51. The van der Waals surface area contributed by atoms with Gasteiger partial charge in [-0.15, -0.1) is 0 Å². The SMILES string of the molecule is CCC(CC)CNC(=O)Cc1cncn1Cc1ccc2ccccc2c1. The summed E-state index contributed by atoms with van der Waals surface area (Å²) in [4.78, 5) is 16.5. The fourth-order valence-corrected chi connectivity index (χ4v) is 3.23. The number of imidazole rings is 1. The average molecular weight is 349 g/mol. The quantitative estimate of drug-likeness (QED) is 0.663. The van der Waals surface area contributed by atoms with Gasteiger partial charge in [0.05, 0.1) is 12.7 Å². The molecular formula is C22H27N3O. The Hall–Kier alpha value is -2.62. The number of fused-ring (bicyclic) bond motifs is 1. The lowest BCUT2D eigenvalue weighted by Gasteiger charge is -2.14. The van der Waals surface area contributed by atoms with E-state index in [1.165, 1.54) is 16.3 Å². The van der Waals surface area contributed by atoms with Crippen LogP contribution in [0.25, 0.3) is 10.8 Å². The lowest BCUT2D eigenvalue weighted by Crippen LogP contribution is -2.30. The van der Waals surface area contributed by atoms with Crippen molar-refractivity contribution in [2.24, 2.45) is 5.92 Å². The van der Waals surface area contributed by atoms with Gasteiger partial charge < -0.3 is 9.88 Å². The Morgan fingerprint density at radius 3 is 2.65 bits per heavy atom. The molecular weight excluding hydrogens is 322 g/mol. The summed E-state index contributed by atoms with van der Waals surface area (Å²) in [7, 11) is 0. The Labute approximate surface area is 155 Å². The zero-order chi connectivity index (χ0) is 18.4. The van der Waals surface area contributed by atoms with E-state index < -0.39 is 0 Å². The molecule has 4 heteroatoms. The number of amides is 1. The average Bonchev–Trinajstić information content (AvgIpc) is 3.09. The van der Waals surface area contributed by atoms with E-state index in [1.54, 1.807) is 12.5 Å². The van der Waals surface area contributed by atoms with Crippen LogP contribution in [0.4, 0.5) is 0 Å². The van der Waals surface area contributed by atoms with Crippen molar-refractivity contribution in [2.45, 2.75) is 39.7 Å². The summed E-state index contributed by atoms with van der Waals surface area (Å²) in [6.45, 7) is 5.81. The van der Waals surface area contributed by atoms with Crippen molar-refractivity contribution in [1.29, 1.82) is 0 Å². The summed E-state index contributed by atoms with van der Waals surface area (Å²) >= 11 is 0. The van der Waals surface area contributed by atoms with E-state index in [-0.39, 0.29) is 5.91 Å². The Balaban J connectivity index is 1.65. The number of aromatic nitrogens is 2. The van der Waals surface area contributed by atoms with Crippen LogP contribution in [0.5, 0.6) is 0 Å². The molecule has 1 N–H and O–H groups in total. The van der Waals surface area contributed by atoms with Crippen LogP contribution >= 0.6 is 0 Å². The molecule has 4 nitrogen and oxygen atoms in total. The molecule has 3 rings (SSSR count). The first-order valence-corrected chi connectivity index (χ1v) is 9.43. The van der Waals surface area contributed by atoms with Crippen LogP contribution in [0.1, 0.15) is 37.9 Å². The molecule has 26 heavy (non-hydrogen) atoms. The maximum atomic E-state index is 12.3. The highest BCUT2D eigenvalue weighted by molar-refractivity contribution is 5.83. The molecule has 2 aromatic carbocycles. The number of hydrogen-bond donors (Lipinski definition) is 1. The van der Waals surface area contributed by atoms with Crippen LogP contribution in [-0.2, 0) is 17.8 Å². The van der Waals surface area contributed by atoms with Crippen molar-refractivity contribution < 1.29 is 4.79 Å². The number of benzene rings is 2. The highest BCUT2D eigenvalue weighted by Gasteiger charge is 2.11. The molecule has 0 saturated carbocycles. The minimum atomic E-state index is 0.0668. The standard InChI is InChI=1S/C22H27N3O/c1-3-17(4-2)13-24-22(26)12-21-14-23-16-25(21)15-18-9-10-19-7-5-6-8-20(19)11-18/h5-11,14,16-17H,3-4,12-13,15H2,1-2H3,(H,24,26). The minimum Gasteiger partial charge on any atom is -0.355 e. The topological polar surface area (TPSA) is 46.9 Å². The molecule has 1 amide bonds. The van der Waals surface area contributed by atoms with E-state index in [4.69, 9.17) is 0 Å². The second-order valence-corrected chi connectivity index (χ2v) is 6.86. The Morgan fingerprint density at radius 2 is 1.88 bits per heavy atom. The van der Waals surface area contributed by atoms with E-state index in [0.29, 0.717) is 12.3 Å². The van der Waals surface area contributed by atoms with Crippen LogP contribution in [0.3, 0.4) is 0 Å². The van der Waals surface area contributed by atoms with Gasteiger partial charge in [-0.05, 0) is 28.3 Å². The summed E-state index contributed by atoms with van der Waals surface area (Å²) < 4.78 is 2.06. The lowest BCUT2D eigenvalue weighted by atomic mass is 10.0. The number of rotatable bonds is 8. The predicted octanol–water partition coefficient (Wildman–Crippen LogP) is 4.18. The number of nitrogens with zero attached hydrogens (tertiary/aromatic N) is 2. The smallest absolute Gasteiger partial charge is 0.226 e. The van der Waals surface area contributed by atoms with Gasteiger partial charge in [-0.25, -0.2) is 4.98 Å². The summed E-state index contributed by atoms with van der Waals surface area (Å²) in [6.07, 6.45) is 6.15. The van der Waals surface area contributed by atoms with E-state index in [1.807, 2.05) is 0 Å². The van der Waals surface area contributed by atoms with Crippen LogP contribution in [0, 0.1) is 5.92 Å². The van der Waals surface area contributed by atoms with Gasteiger partial charge >= 0.3 is 0 Å². The van der Waals surface area contributed by atoms with Crippen LogP contribution < -0.4 is 5.32 Å². The lowest BCUT2D eigenvalue weighted by molar-refractivity contribution is -0.120. The maximum Gasteiger partial charge on any atom is 0.226 e. The monoisotopic (exact) mass is 349 g/mol. The third-order valence-corrected chi connectivity index (χ3v) is 5.05. The Kier molecular flexibility index (Phi) is 6.05. The molecule has 0 fully saturated rings. The van der Waals surface area contributed by atoms with E-state index in [0.717, 1.165) is 31.6 Å². The van der Waals surface area contributed by atoms with Gasteiger partial charge in [0.2, 0.25) is 5.91 Å². The van der Waals surface area contributed by atoms with Gasteiger partial charge in [0.1, 0.15) is 0 Å². The highest BCUT2D eigenvalue weighted by atomic mass is 16.1. The molecule has 0 unspecified atom stereocenters. The summed E-state index contributed by atoms with van der Waals surface area (Å²) in [5.74, 6) is 0.624. The van der Waals surface area contributed by atoms with Gasteiger partial charge in [-0.3, -0.25) is 4.79 Å². The van der Waals surface area contributed by atoms with E-state index in [9.17, 15) is 4.79 Å². The van der Waals surface area contributed by atoms with Gasteiger partial charge in [-0.1, -0.05) is 63.1 Å². The Bertz CT molecular complexity index is 864. The normalized spacial score (nSPS) is 11.2. The van der Waals surface area contributed by atoms with E-state index >= 15 is 0 Å². The molecule has 0 saturated heterocycles. The third-order valence-electron chi connectivity index (χ3n) is 5.05. The first-order chi connectivity index (χ1) is 12.7.